The summed E-state index contributed by atoms with van der Waals surface area (Å²) in [5, 5.41) is 25.8. The van der Waals surface area contributed by atoms with E-state index in [4.69, 9.17) is 0 Å². The molecule has 144 valence electrons. The summed E-state index contributed by atoms with van der Waals surface area (Å²) in [5.74, 6) is 0.816. The molecule has 10 nitrogen and oxygen atoms in total. The largest absolute Gasteiger partial charge is 0.365 e. The van der Waals surface area contributed by atoms with Gasteiger partial charge in [0.15, 0.2) is 5.82 Å². The molecule has 0 amide bonds. The SMILES string of the molecule is O=[N+]([O-])c1cccc(CNc2nc(-c3ccncc3)nc3sc([N+](=O)[O-])cc23)c1. The fraction of sp³-hybridized carbons (Fsp3) is 0.0556. The van der Waals surface area contributed by atoms with Crippen molar-refractivity contribution in [2.24, 2.45) is 0 Å². The normalized spacial score (nSPS) is 10.8. The van der Waals surface area contributed by atoms with Crippen LogP contribution in [-0.2, 0) is 6.54 Å². The summed E-state index contributed by atoms with van der Waals surface area (Å²) < 4.78 is 0. The van der Waals surface area contributed by atoms with E-state index in [1.165, 1.54) is 18.2 Å². The first kappa shape index (κ1) is 18.4. The van der Waals surface area contributed by atoms with Crippen molar-refractivity contribution in [2.75, 3.05) is 5.32 Å². The van der Waals surface area contributed by atoms with Crippen molar-refractivity contribution in [1.82, 2.24) is 15.0 Å². The number of thiophene rings is 1. The summed E-state index contributed by atoms with van der Waals surface area (Å²) in [6.07, 6.45) is 3.21. The summed E-state index contributed by atoms with van der Waals surface area (Å²) in [4.78, 5) is 34.6. The number of nitro benzene ring substituents is 1. The average molecular weight is 408 g/mol. The van der Waals surface area contributed by atoms with Gasteiger partial charge in [0.2, 0.25) is 0 Å². The molecule has 0 fully saturated rings. The Morgan fingerprint density at radius 1 is 1.00 bits per heavy atom. The van der Waals surface area contributed by atoms with Crippen LogP contribution in [0.15, 0.2) is 54.9 Å². The highest BCUT2D eigenvalue weighted by Crippen LogP contribution is 2.35. The third-order valence-electron chi connectivity index (χ3n) is 4.08. The maximum absolute atomic E-state index is 11.2. The Kier molecular flexibility index (Phi) is 4.79. The van der Waals surface area contributed by atoms with Crippen LogP contribution in [0.3, 0.4) is 0 Å². The highest BCUT2D eigenvalue weighted by Gasteiger charge is 2.18. The number of fused-ring (bicyclic) bond motifs is 1. The van der Waals surface area contributed by atoms with E-state index in [1.807, 2.05) is 0 Å². The second-order valence-electron chi connectivity index (χ2n) is 5.97. The number of hydrogen-bond donors (Lipinski definition) is 1. The molecule has 3 aromatic heterocycles. The number of hydrogen-bond acceptors (Lipinski definition) is 9. The van der Waals surface area contributed by atoms with E-state index in [2.05, 4.69) is 20.3 Å². The first-order chi connectivity index (χ1) is 14.0. The van der Waals surface area contributed by atoms with Crippen LogP contribution in [0.25, 0.3) is 21.6 Å². The van der Waals surface area contributed by atoms with Crippen LogP contribution in [0.4, 0.5) is 16.5 Å². The van der Waals surface area contributed by atoms with Gasteiger partial charge in [-0.1, -0.05) is 12.1 Å². The van der Waals surface area contributed by atoms with Gasteiger partial charge in [0.1, 0.15) is 10.6 Å². The number of aromatic nitrogens is 3. The third kappa shape index (κ3) is 3.84. The molecule has 0 saturated carbocycles. The molecule has 4 rings (SSSR count). The predicted octanol–water partition coefficient (Wildman–Crippen LogP) is 4.18. The van der Waals surface area contributed by atoms with E-state index >= 15 is 0 Å². The van der Waals surface area contributed by atoms with Crippen LogP contribution in [0.2, 0.25) is 0 Å². The molecule has 0 aliphatic carbocycles. The molecule has 3 heterocycles. The van der Waals surface area contributed by atoms with E-state index in [9.17, 15) is 20.2 Å². The molecule has 0 aliphatic rings. The van der Waals surface area contributed by atoms with E-state index in [0.29, 0.717) is 27.4 Å². The third-order valence-corrected chi connectivity index (χ3v) is 5.06. The summed E-state index contributed by atoms with van der Waals surface area (Å²) in [5.41, 5.74) is 1.39. The first-order valence-electron chi connectivity index (χ1n) is 8.35. The maximum Gasteiger partial charge on any atom is 0.326 e. The lowest BCUT2D eigenvalue weighted by Crippen LogP contribution is -2.04. The van der Waals surface area contributed by atoms with E-state index in [0.717, 1.165) is 16.9 Å². The zero-order chi connectivity index (χ0) is 20.4. The zero-order valence-corrected chi connectivity index (χ0v) is 15.5. The Morgan fingerprint density at radius 3 is 2.52 bits per heavy atom. The van der Waals surface area contributed by atoms with Crippen LogP contribution < -0.4 is 5.32 Å². The first-order valence-corrected chi connectivity index (χ1v) is 9.16. The molecular formula is C18H12N6O4S. The Morgan fingerprint density at radius 2 is 1.79 bits per heavy atom. The lowest BCUT2D eigenvalue weighted by Gasteiger charge is -2.09. The number of benzene rings is 1. The second kappa shape index (κ2) is 7.56. The van der Waals surface area contributed by atoms with Gasteiger partial charge in [-0.05, 0) is 29.0 Å². The van der Waals surface area contributed by atoms with Gasteiger partial charge < -0.3 is 5.32 Å². The number of anilines is 1. The number of nitrogens with zero attached hydrogens (tertiary/aromatic N) is 5. The zero-order valence-electron chi connectivity index (χ0n) is 14.7. The van der Waals surface area contributed by atoms with Crippen molar-refractivity contribution in [2.45, 2.75) is 6.54 Å². The molecule has 0 atom stereocenters. The minimum atomic E-state index is -0.469. The van der Waals surface area contributed by atoms with Crippen molar-refractivity contribution < 1.29 is 9.85 Å². The lowest BCUT2D eigenvalue weighted by atomic mass is 10.2. The number of non-ortho nitro benzene ring substituents is 1. The Hall–Kier alpha value is -3.99. The molecular weight excluding hydrogens is 396 g/mol. The fourth-order valence-corrected chi connectivity index (χ4v) is 3.58. The maximum atomic E-state index is 11.2. The number of nitro groups is 2. The standard InChI is InChI=1S/C18H12N6O4S/c25-23(26)13-3-1-2-11(8-13)10-20-17-14-9-15(24(27)28)29-18(14)22-16(21-17)12-4-6-19-7-5-12/h1-9H,10H2,(H,20,21,22). The number of pyridine rings is 1. The van der Waals surface area contributed by atoms with Crippen LogP contribution >= 0.6 is 11.3 Å². The predicted molar refractivity (Wildman–Crippen MR) is 108 cm³/mol. The average Bonchev–Trinajstić information content (AvgIpc) is 3.17. The van der Waals surface area contributed by atoms with E-state index in [-0.39, 0.29) is 17.2 Å². The van der Waals surface area contributed by atoms with Gasteiger partial charge in [-0.2, -0.15) is 0 Å². The topological polar surface area (TPSA) is 137 Å². The van der Waals surface area contributed by atoms with Crippen molar-refractivity contribution in [3.05, 3.63) is 80.7 Å². The Bertz CT molecular complexity index is 1230. The Labute approximate surface area is 167 Å². The molecule has 4 aromatic rings. The van der Waals surface area contributed by atoms with Crippen LogP contribution in [-0.4, -0.2) is 24.8 Å². The number of rotatable bonds is 6. The smallest absolute Gasteiger partial charge is 0.326 e. The molecule has 0 aliphatic heterocycles. The highest BCUT2D eigenvalue weighted by molar-refractivity contribution is 7.21. The van der Waals surface area contributed by atoms with Gasteiger partial charge in [0.25, 0.3) is 5.69 Å². The monoisotopic (exact) mass is 408 g/mol. The van der Waals surface area contributed by atoms with Crippen molar-refractivity contribution in [1.29, 1.82) is 0 Å². The summed E-state index contributed by atoms with van der Waals surface area (Å²) >= 11 is 0.961. The minimum Gasteiger partial charge on any atom is -0.365 e. The lowest BCUT2D eigenvalue weighted by molar-refractivity contribution is -0.384. The van der Waals surface area contributed by atoms with Crippen molar-refractivity contribution in [3.63, 3.8) is 0 Å². The molecule has 0 spiro atoms. The molecule has 1 aromatic carbocycles. The highest BCUT2D eigenvalue weighted by atomic mass is 32.1. The van der Waals surface area contributed by atoms with Crippen LogP contribution in [0.1, 0.15) is 5.56 Å². The van der Waals surface area contributed by atoms with Crippen LogP contribution in [0, 0.1) is 20.2 Å². The van der Waals surface area contributed by atoms with E-state index < -0.39 is 9.85 Å². The van der Waals surface area contributed by atoms with Gasteiger partial charge in [0, 0.05) is 42.7 Å². The van der Waals surface area contributed by atoms with Gasteiger partial charge in [0.05, 0.1) is 15.2 Å². The Balaban J connectivity index is 1.74. The minimum absolute atomic E-state index is 0.0132. The molecule has 0 saturated heterocycles. The summed E-state index contributed by atoms with van der Waals surface area (Å²) in [6.45, 7) is 0.257. The summed E-state index contributed by atoms with van der Waals surface area (Å²) in [6, 6.07) is 11.1. The second-order valence-corrected chi connectivity index (χ2v) is 6.98. The number of nitrogens with one attached hydrogen (secondary N) is 1. The molecule has 29 heavy (non-hydrogen) atoms. The van der Waals surface area contributed by atoms with Crippen LogP contribution in [0.5, 0.6) is 0 Å². The van der Waals surface area contributed by atoms with Gasteiger partial charge in [-0.15, -0.1) is 0 Å². The van der Waals surface area contributed by atoms with Gasteiger partial charge >= 0.3 is 5.00 Å². The van der Waals surface area contributed by atoms with Gasteiger partial charge in [-0.3, -0.25) is 25.2 Å². The van der Waals surface area contributed by atoms with Crippen molar-refractivity contribution >= 4 is 38.1 Å². The quantitative estimate of drug-likeness (QED) is 0.370. The molecule has 11 heteroatoms. The van der Waals surface area contributed by atoms with Gasteiger partial charge in [-0.25, -0.2) is 9.97 Å². The molecule has 0 radical (unpaired) electrons. The summed E-state index contributed by atoms with van der Waals surface area (Å²) in [7, 11) is 0. The molecule has 1 N–H and O–H groups in total. The fourth-order valence-electron chi connectivity index (χ4n) is 2.73. The molecule has 0 bridgehead atoms. The van der Waals surface area contributed by atoms with Crippen molar-refractivity contribution in [3.8, 4) is 11.4 Å². The van der Waals surface area contributed by atoms with E-state index in [1.54, 1.807) is 36.7 Å². The molecule has 0 unspecified atom stereocenters.